The maximum Gasteiger partial charge on any atom is 0.0930 e. The summed E-state index contributed by atoms with van der Waals surface area (Å²) in [6, 6.07) is 6.13. The molecule has 0 unspecified atom stereocenters. The average Bonchev–Trinajstić information content (AvgIpc) is 2.18. The number of aryl methyl sites for hydroxylation is 1. The number of hydrogen-bond acceptors (Lipinski definition) is 3. The van der Waals surface area contributed by atoms with Gasteiger partial charge in [-0.1, -0.05) is 12.1 Å². The molecule has 1 aromatic carbocycles. The lowest BCUT2D eigenvalue weighted by Crippen LogP contribution is -1.98. The van der Waals surface area contributed by atoms with E-state index in [1.54, 1.807) is 0 Å². The van der Waals surface area contributed by atoms with Gasteiger partial charge in [0.15, 0.2) is 0 Å². The van der Waals surface area contributed by atoms with E-state index in [1.165, 1.54) is 10.9 Å². The lowest BCUT2D eigenvalue weighted by Gasteiger charge is -2.03. The normalized spacial score (nSPS) is 10.7. The second-order valence-electron chi connectivity index (χ2n) is 3.32. The highest BCUT2D eigenvalue weighted by molar-refractivity contribution is 5.85. The van der Waals surface area contributed by atoms with E-state index < -0.39 is 0 Å². The molecule has 14 heavy (non-hydrogen) atoms. The summed E-state index contributed by atoms with van der Waals surface area (Å²) < 4.78 is 0. The predicted molar refractivity (Wildman–Crippen MR) is 55.5 cm³/mol. The number of rotatable bonds is 2. The van der Waals surface area contributed by atoms with Gasteiger partial charge in [0.05, 0.1) is 6.61 Å². The van der Waals surface area contributed by atoms with E-state index in [4.69, 9.17) is 5.90 Å². The molecule has 0 radical (unpaired) electrons. The summed E-state index contributed by atoms with van der Waals surface area (Å²) in [5.41, 5.74) is 2.25. The zero-order valence-corrected chi connectivity index (χ0v) is 8.03. The smallest absolute Gasteiger partial charge is 0.0930 e. The predicted octanol–water partition coefficient (Wildman–Crippen LogP) is 1.93. The Morgan fingerprint density at radius 3 is 3.00 bits per heavy atom. The van der Waals surface area contributed by atoms with Gasteiger partial charge in [-0.2, -0.15) is 0 Å². The van der Waals surface area contributed by atoms with Gasteiger partial charge in [0.2, 0.25) is 0 Å². The third-order valence-corrected chi connectivity index (χ3v) is 2.27. The van der Waals surface area contributed by atoms with Crippen LogP contribution >= 0.6 is 0 Å². The number of aromatic nitrogens is 1. The van der Waals surface area contributed by atoms with E-state index in [-0.39, 0.29) is 0 Å². The molecule has 0 aliphatic heterocycles. The van der Waals surface area contributed by atoms with Gasteiger partial charge in [-0.25, -0.2) is 5.90 Å². The summed E-state index contributed by atoms with van der Waals surface area (Å²) in [4.78, 5) is 8.73. The van der Waals surface area contributed by atoms with Crippen LogP contribution < -0.4 is 5.90 Å². The topological polar surface area (TPSA) is 48.1 Å². The van der Waals surface area contributed by atoms with Crippen LogP contribution in [-0.4, -0.2) is 4.98 Å². The van der Waals surface area contributed by atoms with Crippen molar-refractivity contribution in [1.29, 1.82) is 0 Å². The number of nitrogens with two attached hydrogens (primary N) is 1. The Morgan fingerprint density at radius 2 is 2.21 bits per heavy atom. The Bertz CT molecular complexity index is 454. The highest BCUT2D eigenvalue weighted by atomic mass is 16.6. The molecule has 0 amide bonds. The summed E-state index contributed by atoms with van der Waals surface area (Å²) in [6.07, 6.45) is 3.71. The second kappa shape index (κ2) is 3.74. The van der Waals surface area contributed by atoms with Crippen molar-refractivity contribution in [2.24, 2.45) is 5.90 Å². The quantitative estimate of drug-likeness (QED) is 0.732. The minimum atomic E-state index is 0.434. The Hall–Kier alpha value is -1.45. The molecule has 0 aliphatic carbocycles. The molecule has 2 rings (SSSR count). The van der Waals surface area contributed by atoms with Gasteiger partial charge in [0.1, 0.15) is 0 Å². The van der Waals surface area contributed by atoms with E-state index in [9.17, 15) is 0 Å². The van der Waals surface area contributed by atoms with Crippen molar-refractivity contribution in [3.63, 3.8) is 0 Å². The van der Waals surface area contributed by atoms with Crippen molar-refractivity contribution in [2.75, 3.05) is 0 Å². The van der Waals surface area contributed by atoms with Crippen molar-refractivity contribution >= 4 is 10.8 Å². The molecular weight excluding hydrogens is 176 g/mol. The van der Waals surface area contributed by atoms with E-state index >= 15 is 0 Å². The van der Waals surface area contributed by atoms with Crippen molar-refractivity contribution in [2.45, 2.75) is 13.5 Å². The average molecular weight is 188 g/mol. The Kier molecular flexibility index (Phi) is 2.43. The zero-order valence-electron chi connectivity index (χ0n) is 8.03. The highest BCUT2D eigenvalue weighted by Crippen LogP contribution is 2.18. The second-order valence-corrected chi connectivity index (χ2v) is 3.32. The minimum Gasteiger partial charge on any atom is -0.300 e. The molecule has 0 bridgehead atoms. The number of pyridine rings is 1. The third kappa shape index (κ3) is 1.60. The summed E-state index contributed by atoms with van der Waals surface area (Å²) >= 11 is 0. The van der Waals surface area contributed by atoms with E-state index in [0.717, 1.165) is 10.9 Å². The van der Waals surface area contributed by atoms with Gasteiger partial charge in [-0.15, -0.1) is 0 Å². The van der Waals surface area contributed by atoms with Gasteiger partial charge < -0.3 is 0 Å². The Balaban J connectivity index is 2.56. The fraction of sp³-hybridized carbons (Fsp3) is 0.182. The van der Waals surface area contributed by atoms with E-state index in [1.807, 2.05) is 24.5 Å². The Morgan fingerprint density at radius 1 is 1.36 bits per heavy atom. The van der Waals surface area contributed by atoms with E-state index in [0.29, 0.717) is 6.61 Å². The van der Waals surface area contributed by atoms with Crippen LogP contribution in [-0.2, 0) is 11.4 Å². The molecule has 0 saturated heterocycles. The molecule has 0 atom stereocenters. The first kappa shape index (κ1) is 9.12. The highest BCUT2D eigenvalue weighted by Gasteiger charge is 1.98. The van der Waals surface area contributed by atoms with Crippen molar-refractivity contribution in [3.05, 3.63) is 41.7 Å². The van der Waals surface area contributed by atoms with Crippen LogP contribution in [0, 0.1) is 6.92 Å². The molecule has 0 spiro atoms. The molecule has 1 aromatic heterocycles. The monoisotopic (exact) mass is 188 g/mol. The lowest BCUT2D eigenvalue weighted by atomic mass is 10.1. The van der Waals surface area contributed by atoms with Gasteiger partial charge in [0.25, 0.3) is 0 Å². The lowest BCUT2D eigenvalue weighted by molar-refractivity contribution is 0.124. The SMILES string of the molecule is Cc1cncc2cc(CON)ccc12. The van der Waals surface area contributed by atoms with Crippen molar-refractivity contribution in [3.8, 4) is 0 Å². The van der Waals surface area contributed by atoms with Gasteiger partial charge >= 0.3 is 0 Å². The van der Waals surface area contributed by atoms with Crippen LogP contribution in [0.4, 0.5) is 0 Å². The number of benzene rings is 1. The molecule has 3 nitrogen and oxygen atoms in total. The molecule has 3 heteroatoms. The van der Waals surface area contributed by atoms with Crippen LogP contribution in [0.2, 0.25) is 0 Å². The van der Waals surface area contributed by atoms with E-state index in [2.05, 4.69) is 22.8 Å². The number of nitrogens with zero attached hydrogens (tertiary/aromatic N) is 1. The van der Waals surface area contributed by atoms with Gasteiger partial charge in [-0.3, -0.25) is 9.82 Å². The summed E-state index contributed by atoms with van der Waals surface area (Å²) in [5, 5.41) is 2.35. The first-order chi connectivity index (χ1) is 6.81. The van der Waals surface area contributed by atoms with Crippen LogP contribution in [0.1, 0.15) is 11.1 Å². The number of fused-ring (bicyclic) bond motifs is 1. The minimum absolute atomic E-state index is 0.434. The summed E-state index contributed by atoms with van der Waals surface area (Å²) in [7, 11) is 0. The zero-order chi connectivity index (χ0) is 9.97. The first-order valence-corrected chi connectivity index (χ1v) is 4.46. The maximum absolute atomic E-state index is 5.02. The fourth-order valence-corrected chi connectivity index (χ4v) is 1.56. The third-order valence-electron chi connectivity index (χ3n) is 2.27. The van der Waals surface area contributed by atoms with Gasteiger partial charge in [-0.05, 0) is 29.5 Å². The molecule has 0 fully saturated rings. The van der Waals surface area contributed by atoms with Crippen molar-refractivity contribution in [1.82, 2.24) is 4.98 Å². The molecule has 0 saturated carbocycles. The molecule has 1 heterocycles. The standard InChI is InChI=1S/C11H12N2O/c1-8-5-13-6-10-4-9(7-14-12)2-3-11(8)10/h2-6H,7,12H2,1H3. The molecule has 72 valence electrons. The fourth-order valence-electron chi connectivity index (χ4n) is 1.56. The maximum atomic E-state index is 5.02. The summed E-state index contributed by atoms with van der Waals surface area (Å²) in [6.45, 7) is 2.48. The first-order valence-electron chi connectivity index (χ1n) is 4.46. The summed E-state index contributed by atoms with van der Waals surface area (Å²) in [5.74, 6) is 5.02. The molecular formula is C11H12N2O. The van der Waals surface area contributed by atoms with Crippen LogP contribution in [0.25, 0.3) is 10.8 Å². The largest absolute Gasteiger partial charge is 0.300 e. The Labute approximate surface area is 82.5 Å². The molecule has 0 aliphatic rings. The van der Waals surface area contributed by atoms with Crippen molar-refractivity contribution < 1.29 is 4.84 Å². The van der Waals surface area contributed by atoms with Gasteiger partial charge in [0, 0.05) is 17.8 Å². The molecule has 2 N–H and O–H groups in total. The van der Waals surface area contributed by atoms with Crippen LogP contribution in [0.5, 0.6) is 0 Å². The number of hydrogen-bond donors (Lipinski definition) is 1. The van der Waals surface area contributed by atoms with Crippen LogP contribution in [0.15, 0.2) is 30.6 Å². The molecule has 2 aromatic rings. The van der Waals surface area contributed by atoms with Crippen LogP contribution in [0.3, 0.4) is 0 Å².